The molecule has 0 amide bonds. The number of nitrogens with zero attached hydrogens (tertiary/aromatic N) is 6. The third-order valence-corrected chi connectivity index (χ3v) is 8.20. The summed E-state index contributed by atoms with van der Waals surface area (Å²) in [6, 6.07) is 1.94. The van der Waals surface area contributed by atoms with Crippen LogP contribution in [0.5, 0.6) is 0 Å². The average Bonchev–Trinajstić information content (AvgIpc) is 3.74. The smallest absolute Gasteiger partial charge is 0.303 e. The molecule has 0 aromatic carbocycles. The van der Waals surface area contributed by atoms with Gasteiger partial charge in [-0.3, -0.25) is 14.2 Å². The van der Waals surface area contributed by atoms with E-state index in [4.69, 9.17) is 28.7 Å². The van der Waals surface area contributed by atoms with E-state index in [1.165, 1.54) is 33.1 Å². The SMILES string of the molecule is CCc1cc([C@H]2O[C@@H](n3cnc4c(NC(CC)CC)nc(NCCN5CCCCC5)nc43)[C@H](OC(C)=O)[C@H]2OC(C)=O)on1. The lowest BCUT2D eigenvalue weighted by Gasteiger charge is -2.26. The summed E-state index contributed by atoms with van der Waals surface area (Å²) in [4.78, 5) is 41.3. The van der Waals surface area contributed by atoms with Crippen LogP contribution < -0.4 is 10.6 Å². The lowest BCUT2D eigenvalue weighted by molar-refractivity contribution is -0.165. The van der Waals surface area contributed by atoms with Crippen molar-refractivity contribution >= 4 is 34.9 Å². The van der Waals surface area contributed by atoms with Gasteiger partial charge in [-0.25, -0.2) is 4.98 Å². The van der Waals surface area contributed by atoms with Gasteiger partial charge in [0, 0.05) is 39.0 Å². The third kappa shape index (κ3) is 7.12. The van der Waals surface area contributed by atoms with Crippen molar-refractivity contribution in [3.63, 3.8) is 0 Å². The quantitative estimate of drug-likeness (QED) is 0.267. The summed E-state index contributed by atoms with van der Waals surface area (Å²) in [7, 11) is 0. The molecule has 0 saturated carbocycles. The summed E-state index contributed by atoms with van der Waals surface area (Å²) in [5.74, 6) is 0.307. The van der Waals surface area contributed by atoms with Crippen molar-refractivity contribution in [2.45, 2.75) is 104 Å². The maximum absolute atomic E-state index is 12.3. The van der Waals surface area contributed by atoms with Crippen LogP contribution in [0, 0.1) is 0 Å². The maximum atomic E-state index is 12.3. The Morgan fingerprint density at radius 1 is 1.05 bits per heavy atom. The zero-order chi connectivity index (χ0) is 31.2. The molecule has 44 heavy (non-hydrogen) atoms. The van der Waals surface area contributed by atoms with Gasteiger partial charge in [0.2, 0.25) is 5.95 Å². The van der Waals surface area contributed by atoms with Gasteiger partial charge in [-0.1, -0.05) is 32.3 Å². The molecule has 240 valence electrons. The topological polar surface area (TPSA) is 159 Å². The minimum atomic E-state index is -1.02. The predicted molar refractivity (Wildman–Crippen MR) is 162 cm³/mol. The van der Waals surface area contributed by atoms with E-state index in [0.717, 1.165) is 38.2 Å². The summed E-state index contributed by atoms with van der Waals surface area (Å²) in [6.07, 6.45) is 3.93. The molecule has 0 radical (unpaired) electrons. The van der Waals surface area contributed by atoms with Crippen LogP contribution in [0.25, 0.3) is 11.2 Å². The highest BCUT2D eigenvalue weighted by molar-refractivity contribution is 5.84. The fourth-order valence-electron chi connectivity index (χ4n) is 5.84. The maximum Gasteiger partial charge on any atom is 0.303 e. The number of hydrogen-bond donors (Lipinski definition) is 2. The first-order valence-corrected chi connectivity index (χ1v) is 15.7. The number of carbonyl (C=O) groups is 2. The van der Waals surface area contributed by atoms with E-state index in [1.54, 1.807) is 17.0 Å². The number of hydrogen-bond acceptors (Lipinski definition) is 13. The largest absolute Gasteiger partial charge is 0.455 e. The number of aromatic nitrogens is 5. The number of carbonyl (C=O) groups excluding carboxylic acids is 2. The van der Waals surface area contributed by atoms with Gasteiger partial charge < -0.3 is 34.3 Å². The Morgan fingerprint density at radius 3 is 2.43 bits per heavy atom. The number of nitrogens with one attached hydrogen (secondary N) is 2. The number of fused-ring (bicyclic) bond motifs is 1. The molecule has 2 aliphatic heterocycles. The summed E-state index contributed by atoms with van der Waals surface area (Å²) in [5.41, 5.74) is 1.74. The molecule has 2 fully saturated rings. The van der Waals surface area contributed by atoms with Crippen LogP contribution in [0.3, 0.4) is 0 Å². The molecule has 4 atom stereocenters. The van der Waals surface area contributed by atoms with Crippen molar-refractivity contribution in [2.24, 2.45) is 0 Å². The van der Waals surface area contributed by atoms with Gasteiger partial charge in [-0.2, -0.15) is 9.97 Å². The molecule has 0 bridgehead atoms. The van der Waals surface area contributed by atoms with Crippen LogP contribution in [0.1, 0.15) is 90.5 Å². The zero-order valence-corrected chi connectivity index (χ0v) is 26.2. The number of likely N-dealkylation sites (tertiary alicyclic amines) is 1. The molecule has 0 unspecified atom stereocenters. The number of ether oxygens (including phenoxy) is 3. The Kier molecular flexibility index (Phi) is 10.3. The second-order valence-corrected chi connectivity index (χ2v) is 11.4. The van der Waals surface area contributed by atoms with Crippen LogP contribution >= 0.6 is 0 Å². The molecule has 2 N–H and O–H groups in total. The third-order valence-electron chi connectivity index (χ3n) is 8.20. The fraction of sp³-hybridized carbons (Fsp3) is 0.667. The lowest BCUT2D eigenvalue weighted by atomic mass is 10.1. The molecule has 0 spiro atoms. The normalized spacial score (nSPS) is 22.4. The van der Waals surface area contributed by atoms with Crippen LogP contribution in [-0.2, 0) is 30.2 Å². The van der Waals surface area contributed by atoms with Crippen molar-refractivity contribution in [2.75, 3.05) is 36.8 Å². The van der Waals surface area contributed by atoms with E-state index in [-0.39, 0.29) is 6.04 Å². The highest BCUT2D eigenvalue weighted by atomic mass is 16.6. The van der Waals surface area contributed by atoms with Gasteiger partial charge in [0.15, 0.2) is 47.3 Å². The van der Waals surface area contributed by atoms with E-state index in [1.807, 2.05) is 6.92 Å². The van der Waals surface area contributed by atoms with Crippen molar-refractivity contribution in [3.05, 3.63) is 23.8 Å². The molecule has 3 aromatic rings. The number of rotatable bonds is 13. The first kappa shape index (κ1) is 31.6. The van der Waals surface area contributed by atoms with Crippen molar-refractivity contribution in [3.8, 4) is 0 Å². The minimum Gasteiger partial charge on any atom is -0.455 e. The van der Waals surface area contributed by atoms with Crippen LogP contribution in [0.4, 0.5) is 11.8 Å². The van der Waals surface area contributed by atoms with Crippen molar-refractivity contribution in [1.82, 2.24) is 29.6 Å². The van der Waals surface area contributed by atoms with Gasteiger partial charge in [0.1, 0.15) is 0 Å². The molecule has 0 aliphatic carbocycles. The molecule has 2 saturated heterocycles. The van der Waals surface area contributed by atoms with Gasteiger partial charge >= 0.3 is 11.9 Å². The molecule has 14 nitrogen and oxygen atoms in total. The Morgan fingerprint density at radius 2 is 1.77 bits per heavy atom. The predicted octanol–water partition coefficient (Wildman–Crippen LogP) is 4.01. The first-order chi connectivity index (χ1) is 21.3. The zero-order valence-electron chi connectivity index (χ0n) is 26.2. The second-order valence-electron chi connectivity index (χ2n) is 11.4. The lowest BCUT2D eigenvalue weighted by Crippen LogP contribution is -2.36. The van der Waals surface area contributed by atoms with E-state index in [0.29, 0.717) is 41.7 Å². The summed E-state index contributed by atoms with van der Waals surface area (Å²) in [5, 5.41) is 11.0. The molecule has 5 heterocycles. The molecule has 5 rings (SSSR count). The average molecular weight is 613 g/mol. The summed E-state index contributed by atoms with van der Waals surface area (Å²) in [6.45, 7) is 12.6. The number of imidazole rings is 1. The standard InChI is InChI=1S/C30H44N8O6/c1-6-20(7-2)33-27-23-28(35-30(34-27)31-12-15-37-13-10-9-11-14-37)38(17-32-23)29-26(42-19(5)40)25(41-18(4)39)24(43-29)22-16-21(8-3)36-44-22/h16-17,20,24-26,29H,6-15H2,1-5H3,(H2,31,33,34,35)/t24-,25+,26-,29-/m1/s1. The van der Waals surface area contributed by atoms with Crippen LogP contribution in [0.15, 0.2) is 16.9 Å². The highest BCUT2D eigenvalue weighted by Crippen LogP contribution is 2.43. The monoisotopic (exact) mass is 612 g/mol. The molecule has 2 aliphatic rings. The van der Waals surface area contributed by atoms with E-state index in [2.05, 4.69) is 39.5 Å². The van der Waals surface area contributed by atoms with E-state index >= 15 is 0 Å². The Hall–Kier alpha value is -3.78. The minimum absolute atomic E-state index is 0.188. The second kappa shape index (κ2) is 14.3. The van der Waals surface area contributed by atoms with Crippen LogP contribution in [-0.4, -0.2) is 85.9 Å². The fourth-order valence-corrected chi connectivity index (χ4v) is 5.84. The molecular weight excluding hydrogens is 568 g/mol. The highest BCUT2D eigenvalue weighted by Gasteiger charge is 2.52. The van der Waals surface area contributed by atoms with Crippen LogP contribution in [0.2, 0.25) is 0 Å². The summed E-state index contributed by atoms with van der Waals surface area (Å²) >= 11 is 0. The molecule has 14 heteroatoms. The number of aryl methyl sites for hydroxylation is 1. The Balaban J connectivity index is 1.52. The summed E-state index contributed by atoms with van der Waals surface area (Å²) < 4.78 is 25.2. The van der Waals surface area contributed by atoms with Gasteiger partial charge in [0.05, 0.1) is 12.0 Å². The van der Waals surface area contributed by atoms with Gasteiger partial charge in [-0.05, 0) is 45.2 Å². The Bertz CT molecular complexity index is 1420. The van der Waals surface area contributed by atoms with Crippen molar-refractivity contribution in [1.29, 1.82) is 0 Å². The van der Waals surface area contributed by atoms with Gasteiger partial charge in [0.25, 0.3) is 0 Å². The number of esters is 2. The molecule has 3 aromatic heterocycles. The molecular formula is C30H44N8O6. The van der Waals surface area contributed by atoms with E-state index < -0.39 is 36.5 Å². The van der Waals surface area contributed by atoms with Gasteiger partial charge in [-0.15, -0.1) is 0 Å². The Labute approximate surface area is 257 Å². The van der Waals surface area contributed by atoms with Crippen molar-refractivity contribution < 1.29 is 28.3 Å². The van der Waals surface area contributed by atoms with E-state index in [9.17, 15) is 9.59 Å². The number of anilines is 2. The number of piperidine rings is 1. The first-order valence-electron chi connectivity index (χ1n) is 15.7.